The lowest BCUT2D eigenvalue weighted by Crippen LogP contribution is -2.22. The van der Waals surface area contributed by atoms with Gasteiger partial charge in [-0.3, -0.25) is 0 Å². The van der Waals surface area contributed by atoms with Gasteiger partial charge in [-0.2, -0.15) is 0 Å². The summed E-state index contributed by atoms with van der Waals surface area (Å²) >= 11 is 0. The molecule has 0 amide bonds. The lowest BCUT2D eigenvalue weighted by molar-refractivity contribution is 0.368. The van der Waals surface area contributed by atoms with Crippen LogP contribution in [0.4, 0.5) is 17.3 Å². The van der Waals surface area contributed by atoms with Gasteiger partial charge in [-0.15, -0.1) is 0 Å². The minimum absolute atomic E-state index is 0.455. The van der Waals surface area contributed by atoms with Crippen LogP contribution in [0.2, 0.25) is 0 Å². The van der Waals surface area contributed by atoms with E-state index in [4.69, 9.17) is 0 Å². The Hall–Kier alpha value is 0.215. The summed E-state index contributed by atoms with van der Waals surface area (Å²) in [6, 6.07) is 0. The second kappa shape index (κ2) is 8.18. The molecule has 0 radical (unpaired) electrons. The van der Waals surface area contributed by atoms with Crippen molar-refractivity contribution in [3.63, 3.8) is 0 Å². The molecule has 0 aromatic carbocycles. The summed E-state index contributed by atoms with van der Waals surface area (Å²) in [6.07, 6.45) is 19.0. The van der Waals surface area contributed by atoms with Crippen molar-refractivity contribution in [2.45, 2.75) is 94.0 Å². The van der Waals surface area contributed by atoms with Crippen molar-refractivity contribution in [3.05, 3.63) is 0 Å². The van der Waals surface area contributed by atoms with Crippen LogP contribution < -0.4 is 0 Å². The summed E-state index contributed by atoms with van der Waals surface area (Å²) in [5.41, 5.74) is 3.65. The van der Waals surface area contributed by atoms with Gasteiger partial charge < -0.3 is 17.3 Å². The SMILES string of the molecule is C1CCC(P(C2CCCCC2)C2CC2)CC1.F[B-](F)(F)F. The monoisotopic (exact) mass is 325 g/mol. The molecular weight excluding hydrogens is 298 g/mol. The molecule has 3 saturated carbocycles. The van der Waals surface area contributed by atoms with Gasteiger partial charge in [-0.05, 0) is 55.5 Å². The van der Waals surface area contributed by atoms with Gasteiger partial charge in [0.1, 0.15) is 0 Å². The number of halogens is 4. The van der Waals surface area contributed by atoms with E-state index in [1.54, 1.807) is 64.2 Å². The van der Waals surface area contributed by atoms with Crippen molar-refractivity contribution >= 4 is 15.2 Å². The molecule has 3 aliphatic rings. The highest BCUT2D eigenvalue weighted by Crippen LogP contribution is 2.65. The predicted molar refractivity (Wildman–Crippen MR) is 83.9 cm³/mol. The number of hydrogen-bond donors (Lipinski definition) is 0. The molecule has 0 aromatic heterocycles. The van der Waals surface area contributed by atoms with Crippen LogP contribution in [0, 0.1) is 0 Å². The van der Waals surface area contributed by atoms with Gasteiger partial charge in [-0.1, -0.05) is 46.4 Å². The van der Waals surface area contributed by atoms with Gasteiger partial charge in [0.25, 0.3) is 0 Å². The molecule has 0 spiro atoms. The third-order valence-electron chi connectivity index (χ3n) is 4.96. The van der Waals surface area contributed by atoms with Crippen LogP contribution in [0.15, 0.2) is 0 Å². The Kier molecular flexibility index (Phi) is 6.84. The van der Waals surface area contributed by atoms with Gasteiger partial charge in [0.05, 0.1) is 0 Å². The van der Waals surface area contributed by atoms with Crippen LogP contribution in [0.3, 0.4) is 0 Å². The molecule has 0 unspecified atom stereocenters. The van der Waals surface area contributed by atoms with E-state index in [1.165, 1.54) is 29.8 Å². The Morgan fingerprint density at radius 1 is 0.524 bits per heavy atom. The quantitative estimate of drug-likeness (QED) is 0.312. The average Bonchev–Trinajstić information content (AvgIpc) is 3.24. The van der Waals surface area contributed by atoms with Gasteiger partial charge in [0.15, 0.2) is 0 Å². The lowest BCUT2D eigenvalue weighted by Gasteiger charge is -2.38. The average molecular weight is 325 g/mol. The maximum absolute atomic E-state index is 9.75. The zero-order valence-electron chi connectivity index (χ0n) is 12.8. The molecule has 3 fully saturated rings. The fourth-order valence-corrected chi connectivity index (χ4v) is 8.48. The molecule has 0 aromatic rings. The maximum atomic E-state index is 9.75. The molecule has 0 bridgehead atoms. The Morgan fingerprint density at radius 3 is 1.10 bits per heavy atom. The minimum atomic E-state index is -6.00. The van der Waals surface area contributed by atoms with E-state index in [0.717, 1.165) is 0 Å². The fraction of sp³-hybridized carbons (Fsp3) is 1.00. The highest BCUT2D eigenvalue weighted by Gasteiger charge is 2.40. The fourth-order valence-electron chi connectivity index (χ4n) is 4.03. The molecule has 0 nitrogen and oxygen atoms in total. The van der Waals surface area contributed by atoms with Crippen LogP contribution in [-0.4, -0.2) is 24.2 Å². The van der Waals surface area contributed by atoms with Crippen molar-refractivity contribution in [1.82, 2.24) is 0 Å². The zero-order chi connectivity index (χ0) is 15.3. The second-order valence-corrected chi connectivity index (χ2v) is 9.84. The zero-order valence-corrected chi connectivity index (χ0v) is 13.6. The first-order valence-electron chi connectivity index (χ1n) is 8.60. The van der Waals surface area contributed by atoms with Gasteiger partial charge in [-0.25, -0.2) is 0 Å². The van der Waals surface area contributed by atoms with E-state index in [2.05, 4.69) is 0 Å². The molecule has 6 heteroatoms. The van der Waals surface area contributed by atoms with Crippen molar-refractivity contribution in [1.29, 1.82) is 0 Å². The van der Waals surface area contributed by atoms with Crippen LogP contribution in [0.25, 0.3) is 0 Å². The Bertz CT molecular complexity index is 271. The predicted octanol–water partition coefficient (Wildman–Crippen LogP) is 6.60. The van der Waals surface area contributed by atoms with Crippen LogP contribution in [0.5, 0.6) is 0 Å². The third-order valence-corrected chi connectivity index (χ3v) is 9.04. The van der Waals surface area contributed by atoms with E-state index < -0.39 is 7.25 Å². The molecule has 0 aliphatic heterocycles. The van der Waals surface area contributed by atoms with Crippen molar-refractivity contribution < 1.29 is 17.3 Å². The van der Waals surface area contributed by atoms with E-state index in [9.17, 15) is 17.3 Å². The lowest BCUT2D eigenvalue weighted by atomic mass is 9.99. The van der Waals surface area contributed by atoms with Gasteiger partial charge in [0.2, 0.25) is 0 Å². The highest BCUT2D eigenvalue weighted by molar-refractivity contribution is 7.60. The molecule has 0 saturated heterocycles. The molecule has 0 atom stereocenters. The third kappa shape index (κ3) is 6.88. The smallest absolute Gasteiger partial charge is 0.418 e. The summed E-state index contributed by atoms with van der Waals surface area (Å²) in [7, 11) is -5.54. The second-order valence-electron chi connectivity index (χ2n) is 6.76. The number of hydrogen-bond acceptors (Lipinski definition) is 0. The van der Waals surface area contributed by atoms with Gasteiger partial charge >= 0.3 is 7.25 Å². The molecule has 124 valence electrons. The van der Waals surface area contributed by atoms with Crippen molar-refractivity contribution in [2.75, 3.05) is 0 Å². The molecule has 0 N–H and O–H groups in total. The van der Waals surface area contributed by atoms with E-state index in [-0.39, 0.29) is 0 Å². The number of rotatable bonds is 3. The van der Waals surface area contributed by atoms with Crippen LogP contribution >= 0.6 is 7.92 Å². The summed E-state index contributed by atoms with van der Waals surface area (Å²) < 4.78 is 39.0. The molecule has 3 aliphatic carbocycles. The first kappa shape index (κ1) is 17.6. The largest absolute Gasteiger partial charge is 0.673 e. The summed E-state index contributed by atoms with van der Waals surface area (Å²) in [6.45, 7) is 0. The van der Waals surface area contributed by atoms with E-state index in [1.807, 2.05) is 0 Å². The van der Waals surface area contributed by atoms with E-state index in [0.29, 0.717) is 7.92 Å². The molecule has 3 rings (SSSR count). The first-order valence-corrected chi connectivity index (χ1v) is 10.1. The molecule has 21 heavy (non-hydrogen) atoms. The maximum Gasteiger partial charge on any atom is 0.673 e. The Balaban J connectivity index is 0.000000282. The first-order chi connectivity index (χ1) is 9.95. The molecular formula is C15H27BF4P-. The van der Waals surface area contributed by atoms with Crippen LogP contribution in [0.1, 0.15) is 77.0 Å². The summed E-state index contributed by atoms with van der Waals surface area (Å²) in [4.78, 5) is 0. The van der Waals surface area contributed by atoms with Crippen LogP contribution in [-0.2, 0) is 0 Å². The Labute approximate surface area is 127 Å². The van der Waals surface area contributed by atoms with Crippen molar-refractivity contribution in [3.8, 4) is 0 Å². The highest BCUT2D eigenvalue weighted by atomic mass is 31.1. The normalized spacial score (nSPS) is 25.6. The summed E-state index contributed by atoms with van der Waals surface area (Å²) in [5.74, 6) is 0. The Morgan fingerprint density at radius 2 is 0.810 bits per heavy atom. The minimum Gasteiger partial charge on any atom is -0.418 e. The van der Waals surface area contributed by atoms with Gasteiger partial charge in [0, 0.05) is 0 Å². The summed E-state index contributed by atoms with van der Waals surface area (Å²) in [5, 5.41) is 0. The topological polar surface area (TPSA) is 0 Å². The molecule has 0 heterocycles. The van der Waals surface area contributed by atoms with E-state index >= 15 is 0 Å². The van der Waals surface area contributed by atoms with Crippen molar-refractivity contribution in [2.24, 2.45) is 0 Å². The standard InChI is InChI=1S/C15H27P.BF4/c1-3-7-13(8-4-1)16(15-11-12-15)14-9-5-2-6-10-14;2-1(3,4)5/h13-15H,1-12H2;/q;-1.